The molecule has 3 aromatic heterocycles. The first-order chi connectivity index (χ1) is 14.0. The smallest absolute Gasteiger partial charge is 0.345 e. The average Bonchev–Trinajstić information content (AvgIpc) is 3.30. The van der Waals surface area contributed by atoms with Crippen LogP contribution in [0.15, 0.2) is 41.4 Å². The highest BCUT2D eigenvalue weighted by atomic mass is 79.9. The third-order valence-electron chi connectivity index (χ3n) is 4.16. The monoisotopic (exact) mass is 471 g/mol. The molecule has 3 heterocycles. The van der Waals surface area contributed by atoms with Gasteiger partial charge in [0.2, 0.25) is 0 Å². The van der Waals surface area contributed by atoms with Gasteiger partial charge in [0, 0.05) is 36.6 Å². The predicted molar refractivity (Wildman–Crippen MR) is 104 cm³/mol. The lowest BCUT2D eigenvalue weighted by Gasteiger charge is -2.17. The third kappa shape index (κ3) is 5.37. The predicted octanol–water partition coefficient (Wildman–Crippen LogP) is 3.64. The maximum atomic E-state index is 12.4. The molecule has 0 amide bonds. The Labute approximate surface area is 174 Å². The minimum absolute atomic E-state index is 0.0865. The van der Waals surface area contributed by atoms with Gasteiger partial charge < -0.3 is 14.2 Å². The van der Waals surface area contributed by atoms with Crippen molar-refractivity contribution in [2.24, 2.45) is 7.05 Å². The van der Waals surface area contributed by atoms with Gasteiger partial charge in [-0.2, -0.15) is 19.0 Å². The second-order valence-electron chi connectivity index (χ2n) is 6.08. The fraction of sp³-hybridized carbons (Fsp3) is 0.389. The lowest BCUT2D eigenvalue weighted by Crippen LogP contribution is -2.16. The van der Waals surface area contributed by atoms with E-state index in [9.17, 15) is 8.78 Å². The number of nitrogens with zero attached hydrogens (tertiary/aromatic N) is 5. The second kappa shape index (κ2) is 9.90. The molecule has 0 fully saturated rings. The van der Waals surface area contributed by atoms with E-state index in [2.05, 4.69) is 35.8 Å². The Balaban J connectivity index is 1.89. The van der Waals surface area contributed by atoms with E-state index >= 15 is 0 Å². The zero-order valence-corrected chi connectivity index (χ0v) is 17.4. The topological polar surface area (TPSA) is 76.2 Å². The summed E-state index contributed by atoms with van der Waals surface area (Å²) >= 11 is 3.35. The molecule has 8 nitrogen and oxygen atoms in total. The Morgan fingerprint density at radius 1 is 1.17 bits per heavy atom. The van der Waals surface area contributed by atoms with E-state index in [0.29, 0.717) is 11.4 Å². The van der Waals surface area contributed by atoms with Crippen molar-refractivity contribution in [1.29, 1.82) is 0 Å². The number of ether oxygens (including phenoxy) is 3. The number of alkyl halides is 2. The standard InChI is InChI=1S/C18H20BrF2N5O3/c1-25-17(16(9-23-25)29-11-27-2)12-7-24-26(10-12)15(5-6-28-18(20)21)14-4-3-13(19)8-22-14/h3-4,7-10,15,18H,5-6,11H2,1-2H3. The van der Waals surface area contributed by atoms with Crippen LogP contribution in [-0.4, -0.2) is 51.7 Å². The van der Waals surface area contributed by atoms with Crippen LogP contribution in [0.25, 0.3) is 11.3 Å². The van der Waals surface area contributed by atoms with E-state index in [1.54, 1.807) is 41.2 Å². The summed E-state index contributed by atoms with van der Waals surface area (Å²) in [5.74, 6) is 0.549. The van der Waals surface area contributed by atoms with E-state index in [0.717, 1.165) is 15.7 Å². The Morgan fingerprint density at radius 2 is 2.00 bits per heavy atom. The van der Waals surface area contributed by atoms with Crippen molar-refractivity contribution in [1.82, 2.24) is 24.5 Å². The molecule has 156 valence electrons. The molecule has 0 aromatic carbocycles. The molecule has 0 aliphatic rings. The van der Waals surface area contributed by atoms with Crippen LogP contribution in [0.5, 0.6) is 5.75 Å². The zero-order valence-electron chi connectivity index (χ0n) is 15.8. The van der Waals surface area contributed by atoms with Crippen molar-refractivity contribution in [3.05, 3.63) is 47.1 Å². The van der Waals surface area contributed by atoms with Gasteiger partial charge in [-0.05, 0) is 34.5 Å². The maximum Gasteiger partial charge on any atom is 0.345 e. The van der Waals surface area contributed by atoms with Gasteiger partial charge in [0.25, 0.3) is 0 Å². The van der Waals surface area contributed by atoms with Crippen molar-refractivity contribution in [3.8, 4) is 17.0 Å². The first-order valence-corrected chi connectivity index (χ1v) is 9.48. The molecule has 3 aromatic rings. The minimum Gasteiger partial charge on any atom is -0.464 e. The van der Waals surface area contributed by atoms with Crippen LogP contribution >= 0.6 is 15.9 Å². The summed E-state index contributed by atoms with van der Waals surface area (Å²) in [5, 5.41) is 8.64. The van der Waals surface area contributed by atoms with Gasteiger partial charge in [0.15, 0.2) is 12.5 Å². The second-order valence-corrected chi connectivity index (χ2v) is 6.99. The Hall–Kier alpha value is -2.37. The molecule has 0 radical (unpaired) electrons. The lowest BCUT2D eigenvalue weighted by atomic mass is 10.1. The van der Waals surface area contributed by atoms with Gasteiger partial charge in [-0.3, -0.25) is 14.3 Å². The normalized spacial score (nSPS) is 12.5. The van der Waals surface area contributed by atoms with Gasteiger partial charge in [-0.15, -0.1) is 0 Å². The average molecular weight is 472 g/mol. The van der Waals surface area contributed by atoms with Gasteiger partial charge in [0.1, 0.15) is 5.69 Å². The lowest BCUT2D eigenvalue weighted by molar-refractivity contribution is -0.130. The molecule has 3 rings (SSSR count). The van der Waals surface area contributed by atoms with E-state index in [1.165, 1.54) is 7.11 Å². The zero-order chi connectivity index (χ0) is 20.8. The van der Waals surface area contributed by atoms with Crippen LogP contribution in [0.2, 0.25) is 0 Å². The summed E-state index contributed by atoms with van der Waals surface area (Å²) in [7, 11) is 3.32. The number of rotatable bonds is 10. The summed E-state index contributed by atoms with van der Waals surface area (Å²) in [6.45, 7) is -2.87. The highest BCUT2D eigenvalue weighted by Gasteiger charge is 2.20. The summed E-state index contributed by atoms with van der Waals surface area (Å²) < 4.78 is 44.0. The molecule has 0 saturated heterocycles. The summed E-state index contributed by atoms with van der Waals surface area (Å²) in [4.78, 5) is 4.39. The fourth-order valence-electron chi connectivity index (χ4n) is 2.87. The van der Waals surface area contributed by atoms with Gasteiger partial charge in [-0.1, -0.05) is 0 Å². The molecular formula is C18H20BrF2N5O3. The molecule has 0 spiro atoms. The minimum atomic E-state index is -2.82. The molecule has 11 heteroatoms. The number of halogens is 3. The quantitative estimate of drug-likeness (QED) is 0.420. The molecule has 0 bridgehead atoms. The Bertz CT molecular complexity index is 917. The van der Waals surface area contributed by atoms with Crippen LogP contribution in [0.1, 0.15) is 18.2 Å². The molecular weight excluding hydrogens is 452 g/mol. The molecule has 1 unspecified atom stereocenters. The molecule has 1 atom stereocenters. The summed E-state index contributed by atoms with van der Waals surface area (Å²) in [6.07, 6.45) is 6.98. The van der Waals surface area contributed by atoms with Gasteiger partial charge in [-0.25, -0.2) is 0 Å². The van der Waals surface area contributed by atoms with Crippen molar-refractivity contribution >= 4 is 15.9 Å². The third-order valence-corrected chi connectivity index (χ3v) is 4.63. The van der Waals surface area contributed by atoms with Crippen LogP contribution in [0, 0.1) is 0 Å². The van der Waals surface area contributed by atoms with Gasteiger partial charge in [0.05, 0.1) is 30.7 Å². The highest BCUT2D eigenvalue weighted by molar-refractivity contribution is 9.10. The molecule has 0 N–H and O–H groups in total. The van der Waals surface area contributed by atoms with Crippen molar-refractivity contribution in [2.45, 2.75) is 19.1 Å². The van der Waals surface area contributed by atoms with Crippen molar-refractivity contribution in [3.63, 3.8) is 0 Å². The van der Waals surface area contributed by atoms with E-state index < -0.39 is 6.61 Å². The first-order valence-electron chi connectivity index (χ1n) is 8.69. The number of methoxy groups -OCH3 is 1. The maximum absolute atomic E-state index is 12.4. The number of hydrogen-bond acceptors (Lipinski definition) is 6. The van der Waals surface area contributed by atoms with E-state index in [4.69, 9.17) is 9.47 Å². The molecule has 0 aliphatic carbocycles. The van der Waals surface area contributed by atoms with Crippen LogP contribution in [0.3, 0.4) is 0 Å². The molecule has 0 aliphatic heterocycles. The Morgan fingerprint density at radius 3 is 2.69 bits per heavy atom. The van der Waals surface area contributed by atoms with E-state index in [1.807, 2.05) is 12.1 Å². The van der Waals surface area contributed by atoms with Crippen LogP contribution in [0.4, 0.5) is 8.78 Å². The van der Waals surface area contributed by atoms with Crippen LogP contribution < -0.4 is 4.74 Å². The number of hydrogen-bond donors (Lipinski definition) is 0. The summed E-state index contributed by atoms with van der Waals surface area (Å²) in [5.41, 5.74) is 2.16. The number of aryl methyl sites for hydroxylation is 1. The highest BCUT2D eigenvalue weighted by Crippen LogP contribution is 2.31. The Kier molecular flexibility index (Phi) is 7.29. The van der Waals surface area contributed by atoms with E-state index in [-0.39, 0.29) is 25.9 Å². The SMILES string of the molecule is COCOc1cnn(C)c1-c1cnn(C(CCOC(F)F)c2ccc(Br)cn2)c1. The van der Waals surface area contributed by atoms with Gasteiger partial charge >= 0.3 is 6.61 Å². The molecule has 29 heavy (non-hydrogen) atoms. The number of pyridine rings is 1. The largest absolute Gasteiger partial charge is 0.464 e. The summed E-state index contributed by atoms with van der Waals surface area (Å²) in [6, 6.07) is 3.27. The molecule has 0 saturated carbocycles. The van der Waals surface area contributed by atoms with Crippen molar-refractivity contribution < 1.29 is 23.0 Å². The van der Waals surface area contributed by atoms with Crippen molar-refractivity contribution in [2.75, 3.05) is 20.5 Å². The van der Waals surface area contributed by atoms with Crippen LogP contribution in [-0.2, 0) is 16.5 Å². The number of aromatic nitrogens is 5. The fourth-order valence-corrected chi connectivity index (χ4v) is 3.11. The first kappa shape index (κ1) is 21.3.